The lowest BCUT2D eigenvalue weighted by Gasteiger charge is -2.08. The molecule has 3 N–H and O–H groups in total. The number of hydrogen-bond acceptors (Lipinski definition) is 7. The smallest absolute Gasteiger partial charge is 0.292 e. The maximum atomic E-state index is 12.4. The Morgan fingerprint density at radius 1 is 1.14 bits per heavy atom. The van der Waals surface area contributed by atoms with Crippen LogP contribution in [0.5, 0.6) is 0 Å². The average molecular weight is 414 g/mol. The molecule has 10 heteroatoms. The topological polar surface area (TPSA) is 127 Å². The van der Waals surface area contributed by atoms with E-state index in [2.05, 4.69) is 16.0 Å². The molecule has 29 heavy (non-hydrogen) atoms. The van der Waals surface area contributed by atoms with E-state index in [1.54, 1.807) is 43.3 Å². The van der Waals surface area contributed by atoms with Crippen LogP contribution in [-0.2, 0) is 0 Å². The first-order valence-corrected chi connectivity index (χ1v) is 9.48. The highest BCUT2D eigenvalue weighted by atomic mass is 32.1. The number of nitro groups is 1. The molecule has 0 unspecified atom stereocenters. The fourth-order valence-electron chi connectivity index (χ4n) is 2.59. The van der Waals surface area contributed by atoms with Crippen molar-refractivity contribution in [3.8, 4) is 0 Å². The number of carbonyl (C=O) groups is 2. The van der Waals surface area contributed by atoms with Crippen molar-refractivity contribution in [1.82, 2.24) is 5.32 Å². The first-order chi connectivity index (χ1) is 14.0. The number of para-hydroxylation sites is 2. The van der Waals surface area contributed by atoms with Gasteiger partial charge in [-0.1, -0.05) is 12.1 Å². The van der Waals surface area contributed by atoms with Crippen LogP contribution in [0.25, 0.3) is 0 Å². The van der Waals surface area contributed by atoms with Gasteiger partial charge in [0.25, 0.3) is 17.5 Å². The summed E-state index contributed by atoms with van der Waals surface area (Å²) >= 11 is 1.16. The van der Waals surface area contributed by atoms with Crippen LogP contribution in [0, 0.1) is 17.0 Å². The summed E-state index contributed by atoms with van der Waals surface area (Å²) in [5.74, 6) is -0.490. The molecular formula is C19H18N4O5S. The van der Waals surface area contributed by atoms with Crippen LogP contribution < -0.4 is 16.0 Å². The van der Waals surface area contributed by atoms with E-state index in [-0.39, 0.29) is 23.9 Å². The third kappa shape index (κ3) is 4.99. The fraction of sp³-hybridized carbons (Fsp3) is 0.158. The Balaban J connectivity index is 1.53. The minimum Gasteiger partial charge on any atom is -0.459 e. The molecule has 0 atom stereocenters. The van der Waals surface area contributed by atoms with Crippen molar-refractivity contribution in [2.24, 2.45) is 0 Å². The van der Waals surface area contributed by atoms with Crippen molar-refractivity contribution in [3.63, 3.8) is 0 Å². The molecule has 0 aliphatic rings. The van der Waals surface area contributed by atoms with Gasteiger partial charge in [-0.3, -0.25) is 19.7 Å². The third-order valence-electron chi connectivity index (χ3n) is 3.93. The minimum atomic E-state index is -0.464. The molecule has 9 nitrogen and oxygen atoms in total. The van der Waals surface area contributed by atoms with Crippen molar-refractivity contribution in [3.05, 3.63) is 75.0 Å². The number of hydrogen-bond donors (Lipinski definition) is 3. The van der Waals surface area contributed by atoms with Crippen LogP contribution in [0.1, 0.15) is 25.8 Å². The normalized spacial score (nSPS) is 10.4. The molecule has 0 radical (unpaired) electrons. The Hall–Kier alpha value is -3.66. The summed E-state index contributed by atoms with van der Waals surface area (Å²) in [7, 11) is 0. The van der Waals surface area contributed by atoms with Gasteiger partial charge in [-0.05, 0) is 36.8 Å². The molecule has 150 valence electrons. The number of nitrogens with zero attached hydrogens (tertiary/aromatic N) is 1. The molecule has 2 amide bonds. The molecule has 0 saturated carbocycles. The highest BCUT2D eigenvalue weighted by molar-refractivity contribution is 7.18. The molecule has 2 heterocycles. The Kier molecular flexibility index (Phi) is 6.25. The molecule has 0 fully saturated rings. The number of rotatable bonds is 8. The lowest BCUT2D eigenvalue weighted by Crippen LogP contribution is -2.28. The van der Waals surface area contributed by atoms with Crippen LogP contribution in [0.3, 0.4) is 0 Å². The standard InChI is InChI=1S/C19H18N4O5S/c1-12-11-16(22-18(24)15-7-4-10-28-15)29-17(12)19(25)21-9-8-20-13-5-2-3-6-14(13)23(26)27/h2-7,10-11,20H,8-9H2,1H3,(H,21,25)(H,22,24). The molecule has 0 aliphatic heterocycles. The van der Waals surface area contributed by atoms with Gasteiger partial charge in [-0.2, -0.15) is 0 Å². The number of furan rings is 1. The van der Waals surface area contributed by atoms with Gasteiger partial charge in [0.15, 0.2) is 5.76 Å². The van der Waals surface area contributed by atoms with Gasteiger partial charge in [0, 0.05) is 19.2 Å². The van der Waals surface area contributed by atoms with Gasteiger partial charge in [-0.25, -0.2) is 0 Å². The number of thiophene rings is 1. The third-order valence-corrected chi connectivity index (χ3v) is 5.08. The first-order valence-electron chi connectivity index (χ1n) is 8.66. The van der Waals surface area contributed by atoms with Gasteiger partial charge in [-0.15, -0.1) is 11.3 Å². The van der Waals surface area contributed by atoms with Gasteiger partial charge >= 0.3 is 0 Å². The zero-order chi connectivity index (χ0) is 20.8. The molecule has 0 saturated heterocycles. The Bertz CT molecular complexity index is 1030. The largest absolute Gasteiger partial charge is 0.459 e. The summed E-state index contributed by atoms with van der Waals surface area (Å²) in [6, 6.07) is 11.2. The van der Waals surface area contributed by atoms with Crippen molar-refractivity contribution in [2.75, 3.05) is 23.7 Å². The lowest BCUT2D eigenvalue weighted by molar-refractivity contribution is -0.384. The van der Waals surface area contributed by atoms with Crippen LogP contribution in [0.2, 0.25) is 0 Å². The second-order valence-electron chi connectivity index (χ2n) is 6.01. The number of anilines is 2. The maximum absolute atomic E-state index is 12.4. The van der Waals surface area contributed by atoms with E-state index < -0.39 is 10.8 Å². The molecule has 0 spiro atoms. The number of nitro benzene ring substituents is 1. The van der Waals surface area contributed by atoms with E-state index in [1.807, 2.05) is 0 Å². The quantitative estimate of drug-likeness (QED) is 0.293. The molecule has 0 bridgehead atoms. The number of amides is 2. The summed E-state index contributed by atoms with van der Waals surface area (Å²) < 4.78 is 5.04. The van der Waals surface area contributed by atoms with E-state index in [1.165, 1.54) is 12.3 Å². The summed E-state index contributed by atoms with van der Waals surface area (Å²) in [5, 5.41) is 19.9. The van der Waals surface area contributed by atoms with Crippen LogP contribution in [0.15, 0.2) is 53.1 Å². The molecule has 3 aromatic rings. The second-order valence-corrected chi connectivity index (χ2v) is 7.06. The minimum absolute atomic E-state index is 0.0233. The van der Waals surface area contributed by atoms with E-state index in [0.717, 1.165) is 16.9 Å². The highest BCUT2D eigenvalue weighted by Crippen LogP contribution is 2.27. The molecular weight excluding hydrogens is 396 g/mol. The monoisotopic (exact) mass is 414 g/mol. The van der Waals surface area contributed by atoms with Gasteiger partial charge in [0.1, 0.15) is 5.69 Å². The van der Waals surface area contributed by atoms with Crippen LogP contribution in [-0.4, -0.2) is 29.8 Å². The van der Waals surface area contributed by atoms with Gasteiger partial charge < -0.3 is 20.4 Å². The highest BCUT2D eigenvalue weighted by Gasteiger charge is 2.16. The van der Waals surface area contributed by atoms with E-state index in [0.29, 0.717) is 22.1 Å². The first kappa shape index (κ1) is 20.1. The summed E-state index contributed by atoms with van der Waals surface area (Å²) in [4.78, 5) is 35.5. The zero-order valence-electron chi connectivity index (χ0n) is 15.4. The second kappa shape index (κ2) is 9.02. The van der Waals surface area contributed by atoms with Gasteiger partial charge in [0.05, 0.1) is 21.1 Å². The lowest BCUT2D eigenvalue weighted by atomic mass is 10.2. The van der Waals surface area contributed by atoms with E-state index in [9.17, 15) is 19.7 Å². The van der Waals surface area contributed by atoms with Crippen LogP contribution >= 0.6 is 11.3 Å². The van der Waals surface area contributed by atoms with Gasteiger partial charge in [0.2, 0.25) is 0 Å². The summed E-state index contributed by atoms with van der Waals surface area (Å²) in [6.45, 7) is 2.37. The maximum Gasteiger partial charge on any atom is 0.292 e. The number of aryl methyl sites for hydroxylation is 1. The molecule has 2 aromatic heterocycles. The molecule has 3 rings (SSSR count). The van der Waals surface area contributed by atoms with Crippen LogP contribution in [0.4, 0.5) is 16.4 Å². The van der Waals surface area contributed by atoms with Crippen molar-refractivity contribution in [2.45, 2.75) is 6.92 Å². The van der Waals surface area contributed by atoms with Crippen molar-refractivity contribution < 1.29 is 18.9 Å². The Morgan fingerprint density at radius 3 is 2.66 bits per heavy atom. The zero-order valence-corrected chi connectivity index (χ0v) is 16.2. The molecule has 1 aromatic carbocycles. The fourth-order valence-corrected chi connectivity index (χ4v) is 3.57. The predicted molar refractivity (Wildman–Crippen MR) is 110 cm³/mol. The van der Waals surface area contributed by atoms with E-state index >= 15 is 0 Å². The number of nitrogens with one attached hydrogen (secondary N) is 3. The van der Waals surface area contributed by atoms with Crippen molar-refractivity contribution >= 4 is 39.5 Å². The SMILES string of the molecule is Cc1cc(NC(=O)c2ccco2)sc1C(=O)NCCNc1ccccc1[N+](=O)[O-]. The summed E-state index contributed by atoms with van der Waals surface area (Å²) in [6.07, 6.45) is 1.41. The average Bonchev–Trinajstić information content (AvgIpc) is 3.35. The van der Waals surface area contributed by atoms with Crippen molar-refractivity contribution in [1.29, 1.82) is 0 Å². The van der Waals surface area contributed by atoms with E-state index in [4.69, 9.17) is 4.42 Å². The Morgan fingerprint density at radius 2 is 1.93 bits per heavy atom. The number of benzene rings is 1. The Labute approximate surface area is 169 Å². The predicted octanol–water partition coefficient (Wildman–Crippen LogP) is 3.65. The summed E-state index contributed by atoms with van der Waals surface area (Å²) in [5.41, 5.74) is 1.10. The number of carbonyl (C=O) groups excluding carboxylic acids is 2. The molecule has 0 aliphatic carbocycles.